The maximum atomic E-state index is 13.7. The molecule has 3 aliphatic rings. The van der Waals surface area contributed by atoms with Crippen molar-refractivity contribution >= 4 is 29.8 Å². The van der Waals surface area contributed by atoms with Gasteiger partial charge >= 0.3 is 29.8 Å². The Bertz CT molecular complexity index is 1550. The second-order valence-corrected chi connectivity index (χ2v) is 11.7. The number of fused-ring (bicyclic) bond motifs is 4. The molecule has 11 heteroatoms. The number of ether oxygens (including phenoxy) is 6. The maximum absolute atomic E-state index is 13.7. The van der Waals surface area contributed by atoms with Crippen LogP contribution in [-0.4, -0.2) is 65.4 Å². The van der Waals surface area contributed by atoms with E-state index in [0.29, 0.717) is 18.4 Å². The minimum atomic E-state index is -1.26. The molecule has 45 heavy (non-hydrogen) atoms. The van der Waals surface area contributed by atoms with Gasteiger partial charge in [-0.25, -0.2) is 24.0 Å². The molecule has 2 aliphatic carbocycles. The molecule has 1 aliphatic heterocycles. The van der Waals surface area contributed by atoms with Gasteiger partial charge in [-0.05, 0) is 44.2 Å². The van der Waals surface area contributed by atoms with E-state index in [1.807, 2.05) is 6.07 Å². The molecule has 11 nitrogen and oxygen atoms in total. The summed E-state index contributed by atoms with van der Waals surface area (Å²) < 4.78 is 32.5. The van der Waals surface area contributed by atoms with E-state index in [0.717, 1.165) is 57.6 Å². The Morgan fingerprint density at radius 1 is 0.578 bits per heavy atom. The third-order valence-electron chi connectivity index (χ3n) is 9.89. The number of carbonyl (C=O) groups is 5. The van der Waals surface area contributed by atoms with E-state index in [1.165, 1.54) is 34.5 Å². The lowest BCUT2D eigenvalue weighted by Crippen LogP contribution is -2.58. The first-order valence-electron chi connectivity index (χ1n) is 15.1. The lowest BCUT2D eigenvalue weighted by molar-refractivity contribution is -0.0959. The molecule has 0 amide bonds. The van der Waals surface area contributed by atoms with E-state index in [1.54, 1.807) is 12.1 Å². The van der Waals surface area contributed by atoms with Gasteiger partial charge in [-0.1, -0.05) is 37.8 Å². The summed E-state index contributed by atoms with van der Waals surface area (Å²) in [6, 6.07) is 6.47. The molecular formula is C34H38O11. The normalized spacial score (nSPS) is 21.3. The molecule has 2 unspecified atom stereocenters. The van der Waals surface area contributed by atoms with Crippen LogP contribution in [0.2, 0.25) is 0 Å². The summed E-state index contributed by atoms with van der Waals surface area (Å²) in [5.74, 6) is -4.13. The van der Waals surface area contributed by atoms with E-state index in [-0.39, 0.29) is 39.5 Å². The van der Waals surface area contributed by atoms with Gasteiger partial charge in [-0.15, -0.1) is 0 Å². The van der Waals surface area contributed by atoms with Crippen molar-refractivity contribution < 1.29 is 52.4 Å². The zero-order valence-electron chi connectivity index (χ0n) is 26.2. The summed E-state index contributed by atoms with van der Waals surface area (Å²) >= 11 is 0. The van der Waals surface area contributed by atoms with E-state index in [9.17, 15) is 24.0 Å². The number of benzene rings is 2. The SMILES string of the molecule is COC(=O)c1ccc2c(c1C(=O)OC)OC1(c3ccc(C(=O)OC)c(C(=O)OC)c3C(=O)OC)CCCCC1C21CCCCC1. The van der Waals surface area contributed by atoms with Gasteiger partial charge in [0.05, 0.1) is 57.8 Å². The summed E-state index contributed by atoms with van der Waals surface area (Å²) in [6.07, 6.45) is 7.22. The zero-order chi connectivity index (χ0) is 32.5. The molecule has 2 fully saturated rings. The van der Waals surface area contributed by atoms with Crippen molar-refractivity contribution in [3.63, 3.8) is 0 Å². The summed E-state index contributed by atoms with van der Waals surface area (Å²) in [5.41, 5.74) is -1.32. The van der Waals surface area contributed by atoms with Crippen molar-refractivity contribution in [2.24, 2.45) is 5.92 Å². The molecule has 0 radical (unpaired) electrons. The molecule has 0 saturated heterocycles. The third kappa shape index (κ3) is 4.92. The summed E-state index contributed by atoms with van der Waals surface area (Å²) in [4.78, 5) is 66.3. The van der Waals surface area contributed by atoms with Crippen molar-refractivity contribution in [2.75, 3.05) is 35.5 Å². The van der Waals surface area contributed by atoms with E-state index < -0.39 is 40.9 Å². The first-order chi connectivity index (χ1) is 21.6. The third-order valence-corrected chi connectivity index (χ3v) is 9.89. The van der Waals surface area contributed by atoms with Crippen molar-refractivity contribution in [1.82, 2.24) is 0 Å². The predicted molar refractivity (Wildman–Crippen MR) is 159 cm³/mol. The van der Waals surface area contributed by atoms with Gasteiger partial charge < -0.3 is 28.4 Å². The lowest BCUT2D eigenvalue weighted by atomic mass is 9.51. The fourth-order valence-corrected chi connectivity index (χ4v) is 8.06. The number of methoxy groups -OCH3 is 5. The summed E-state index contributed by atoms with van der Waals surface area (Å²) in [6.45, 7) is 0. The van der Waals surface area contributed by atoms with Crippen LogP contribution in [0.5, 0.6) is 5.75 Å². The summed E-state index contributed by atoms with van der Waals surface area (Å²) in [7, 11) is 5.97. The highest BCUT2D eigenvalue weighted by Gasteiger charge is 2.61. The summed E-state index contributed by atoms with van der Waals surface area (Å²) in [5, 5.41) is 0. The molecule has 2 aromatic carbocycles. The standard InChI is InChI=1S/C34H38O11/c1-40-28(35)19-12-14-21(26(32(39)44-5)24(19)30(37)42-3)34-18-10-7-11-23(34)33(16-8-6-9-17-33)22-15-13-20(29(36)41-2)25(27(22)45-34)31(38)43-4/h12-15,23H,6-11,16-18H2,1-5H3. The Labute approximate surface area is 261 Å². The fourth-order valence-electron chi connectivity index (χ4n) is 8.06. The van der Waals surface area contributed by atoms with Gasteiger partial charge in [0.2, 0.25) is 0 Å². The maximum Gasteiger partial charge on any atom is 0.342 e. The average molecular weight is 623 g/mol. The van der Waals surface area contributed by atoms with Gasteiger partial charge in [0.15, 0.2) is 0 Å². The Kier molecular flexibility index (Phi) is 8.91. The van der Waals surface area contributed by atoms with Gasteiger partial charge in [-0.2, -0.15) is 0 Å². The van der Waals surface area contributed by atoms with Gasteiger partial charge in [0.1, 0.15) is 16.9 Å². The minimum absolute atomic E-state index is 0.0112. The molecule has 1 heterocycles. The van der Waals surface area contributed by atoms with Crippen LogP contribution in [0.15, 0.2) is 24.3 Å². The first-order valence-corrected chi connectivity index (χ1v) is 15.1. The van der Waals surface area contributed by atoms with Crippen LogP contribution in [0.3, 0.4) is 0 Å². The lowest BCUT2D eigenvalue weighted by Gasteiger charge is -2.59. The topological polar surface area (TPSA) is 141 Å². The highest BCUT2D eigenvalue weighted by atomic mass is 16.5. The molecular weight excluding hydrogens is 584 g/mol. The van der Waals surface area contributed by atoms with Crippen molar-refractivity contribution in [3.8, 4) is 5.75 Å². The van der Waals surface area contributed by atoms with Crippen LogP contribution < -0.4 is 4.74 Å². The molecule has 0 aromatic heterocycles. The van der Waals surface area contributed by atoms with Gasteiger partial charge in [-0.3, -0.25) is 0 Å². The number of carbonyl (C=O) groups excluding carboxylic acids is 5. The fraction of sp³-hybridized carbons (Fsp3) is 0.500. The zero-order valence-corrected chi connectivity index (χ0v) is 26.2. The second-order valence-electron chi connectivity index (χ2n) is 11.7. The van der Waals surface area contributed by atoms with Gasteiger partial charge in [0, 0.05) is 22.5 Å². The number of hydrogen-bond acceptors (Lipinski definition) is 11. The van der Waals surface area contributed by atoms with Crippen LogP contribution in [0.25, 0.3) is 0 Å². The van der Waals surface area contributed by atoms with Crippen LogP contribution in [-0.2, 0) is 34.7 Å². The largest absolute Gasteiger partial charge is 0.481 e. The Hall–Kier alpha value is -4.41. The molecule has 1 spiro atoms. The van der Waals surface area contributed by atoms with Crippen LogP contribution in [0.4, 0.5) is 0 Å². The van der Waals surface area contributed by atoms with Crippen LogP contribution >= 0.6 is 0 Å². The monoisotopic (exact) mass is 622 g/mol. The predicted octanol–water partition coefficient (Wildman–Crippen LogP) is 5.30. The highest BCUT2D eigenvalue weighted by molar-refractivity contribution is 6.11. The quantitative estimate of drug-likeness (QED) is 0.306. The molecule has 2 atom stereocenters. The van der Waals surface area contributed by atoms with Crippen LogP contribution in [0.1, 0.15) is 121 Å². The number of hydrogen-bond donors (Lipinski definition) is 0. The average Bonchev–Trinajstić information content (AvgIpc) is 3.09. The van der Waals surface area contributed by atoms with Crippen molar-refractivity contribution in [3.05, 3.63) is 63.2 Å². The smallest absolute Gasteiger partial charge is 0.342 e. The number of esters is 5. The number of rotatable bonds is 6. The van der Waals surface area contributed by atoms with Crippen molar-refractivity contribution in [2.45, 2.75) is 68.8 Å². The molecule has 2 aromatic rings. The molecule has 5 rings (SSSR count). The highest BCUT2D eigenvalue weighted by Crippen LogP contribution is 2.64. The minimum Gasteiger partial charge on any atom is -0.481 e. The Morgan fingerprint density at radius 3 is 1.64 bits per heavy atom. The molecule has 0 N–H and O–H groups in total. The molecule has 2 saturated carbocycles. The Balaban J connectivity index is 1.92. The Morgan fingerprint density at radius 2 is 1.07 bits per heavy atom. The molecule has 240 valence electrons. The van der Waals surface area contributed by atoms with E-state index >= 15 is 0 Å². The van der Waals surface area contributed by atoms with E-state index in [2.05, 4.69) is 0 Å². The molecule has 0 bridgehead atoms. The van der Waals surface area contributed by atoms with Crippen LogP contribution in [0, 0.1) is 5.92 Å². The first kappa shape index (κ1) is 32.0. The van der Waals surface area contributed by atoms with E-state index in [4.69, 9.17) is 28.4 Å². The van der Waals surface area contributed by atoms with Gasteiger partial charge in [0.25, 0.3) is 0 Å². The second kappa shape index (κ2) is 12.5. The van der Waals surface area contributed by atoms with Crippen molar-refractivity contribution in [1.29, 1.82) is 0 Å².